The van der Waals surface area contributed by atoms with Crippen LogP contribution in [0.5, 0.6) is 0 Å². The van der Waals surface area contributed by atoms with Crippen molar-refractivity contribution in [3.63, 3.8) is 0 Å². The lowest BCUT2D eigenvalue weighted by molar-refractivity contribution is -0.384. The summed E-state index contributed by atoms with van der Waals surface area (Å²) in [7, 11) is 0. The molecule has 2 fully saturated rings. The number of benzene rings is 1. The molecule has 10 heteroatoms. The molecular weight excluding hydrogens is 389 g/mol. The largest absolute Gasteiger partial charge is 0.416 e. The smallest absolute Gasteiger partial charge is 0.363 e. The molecule has 0 saturated carbocycles. The van der Waals surface area contributed by atoms with Gasteiger partial charge in [0.25, 0.3) is 5.69 Å². The summed E-state index contributed by atoms with van der Waals surface area (Å²) >= 11 is 0. The van der Waals surface area contributed by atoms with E-state index in [0.717, 1.165) is 38.1 Å². The zero-order valence-corrected chi connectivity index (χ0v) is 16.3. The number of nitro groups is 1. The molecule has 1 aromatic rings. The summed E-state index contributed by atoms with van der Waals surface area (Å²) in [6.07, 6.45) is -2.49. The van der Waals surface area contributed by atoms with Crippen molar-refractivity contribution in [2.75, 3.05) is 50.7 Å². The van der Waals surface area contributed by atoms with Gasteiger partial charge in [0.15, 0.2) is 0 Å². The van der Waals surface area contributed by atoms with E-state index in [1.54, 1.807) is 4.90 Å². The predicted molar refractivity (Wildman–Crippen MR) is 102 cm³/mol. The summed E-state index contributed by atoms with van der Waals surface area (Å²) < 4.78 is 38.6. The van der Waals surface area contributed by atoms with E-state index in [9.17, 15) is 28.1 Å². The van der Waals surface area contributed by atoms with Crippen molar-refractivity contribution in [2.45, 2.75) is 25.9 Å². The molecule has 7 nitrogen and oxygen atoms in total. The maximum Gasteiger partial charge on any atom is 0.416 e. The summed E-state index contributed by atoms with van der Waals surface area (Å²) in [6, 6.07) is 2.62. The average Bonchev–Trinajstić information content (AvgIpc) is 2.67. The van der Waals surface area contributed by atoms with Gasteiger partial charge in [-0.3, -0.25) is 19.8 Å². The van der Waals surface area contributed by atoms with Crippen LogP contribution in [0, 0.1) is 16.0 Å². The maximum absolute atomic E-state index is 12.9. The van der Waals surface area contributed by atoms with Crippen LogP contribution < -0.4 is 4.90 Å². The van der Waals surface area contributed by atoms with Gasteiger partial charge in [0, 0.05) is 45.3 Å². The number of hydrogen-bond acceptors (Lipinski definition) is 5. The molecule has 29 heavy (non-hydrogen) atoms. The van der Waals surface area contributed by atoms with Crippen LogP contribution in [0.2, 0.25) is 0 Å². The molecular formula is C19H25F3N4O3. The van der Waals surface area contributed by atoms with Crippen LogP contribution in [0.1, 0.15) is 25.3 Å². The van der Waals surface area contributed by atoms with Crippen molar-refractivity contribution in [2.24, 2.45) is 5.92 Å². The Balaban J connectivity index is 1.62. The molecule has 0 aliphatic carbocycles. The molecule has 1 atom stereocenters. The van der Waals surface area contributed by atoms with Crippen molar-refractivity contribution in [1.82, 2.24) is 9.80 Å². The summed E-state index contributed by atoms with van der Waals surface area (Å²) in [5, 5.41) is 11.3. The van der Waals surface area contributed by atoms with Gasteiger partial charge in [0.2, 0.25) is 5.91 Å². The van der Waals surface area contributed by atoms with Crippen molar-refractivity contribution < 1.29 is 22.9 Å². The number of piperidine rings is 1. The van der Waals surface area contributed by atoms with E-state index in [4.69, 9.17) is 0 Å². The van der Waals surface area contributed by atoms with E-state index in [1.165, 1.54) is 0 Å². The fraction of sp³-hybridized carbons (Fsp3) is 0.632. The zero-order valence-electron chi connectivity index (χ0n) is 16.3. The zero-order chi connectivity index (χ0) is 21.2. The lowest BCUT2D eigenvalue weighted by atomic mass is 10.0. The van der Waals surface area contributed by atoms with E-state index >= 15 is 0 Å². The molecule has 2 aliphatic rings. The molecule has 0 aromatic heterocycles. The molecule has 0 N–H and O–H groups in total. The number of anilines is 1. The molecule has 1 amide bonds. The van der Waals surface area contributed by atoms with E-state index in [2.05, 4.69) is 6.92 Å². The van der Waals surface area contributed by atoms with Crippen LogP contribution in [0.4, 0.5) is 24.5 Å². The first kappa shape index (κ1) is 21.4. The summed E-state index contributed by atoms with van der Waals surface area (Å²) in [4.78, 5) is 28.6. The highest BCUT2D eigenvalue weighted by molar-refractivity contribution is 5.78. The van der Waals surface area contributed by atoms with Gasteiger partial charge >= 0.3 is 6.18 Å². The number of piperazine rings is 1. The van der Waals surface area contributed by atoms with Gasteiger partial charge in [-0.1, -0.05) is 6.92 Å². The highest BCUT2D eigenvalue weighted by atomic mass is 19.4. The lowest BCUT2D eigenvalue weighted by Crippen LogP contribution is -2.51. The SMILES string of the molecule is CC1CCCN(C(=O)CN2CCN(c3ccc(C(F)(F)F)cc3[N+](=O)[O-])CC2)C1. The Labute approximate surface area is 167 Å². The number of nitrogens with zero attached hydrogens (tertiary/aromatic N) is 4. The number of hydrogen-bond donors (Lipinski definition) is 0. The third kappa shape index (κ3) is 5.17. The number of carbonyl (C=O) groups excluding carboxylic acids is 1. The first-order valence-electron chi connectivity index (χ1n) is 9.76. The molecule has 0 radical (unpaired) electrons. The van der Waals surface area contributed by atoms with Crippen LogP contribution in [-0.2, 0) is 11.0 Å². The van der Waals surface area contributed by atoms with Gasteiger partial charge in [0.1, 0.15) is 5.69 Å². The van der Waals surface area contributed by atoms with Gasteiger partial charge < -0.3 is 9.80 Å². The summed E-state index contributed by atoms with van der Waals surface area (Å²) in [5.41, 5.74) is -1.40. The van der Waals surface area contributed by atoms with Gasteiger partial charge in [-0.2, -0.15) is 13.2 Å². The highest BCUT2D eigenvalue weighted by Gasteiger charge is 2.34. The van der Waals surface area contributed by atoms with E-state index < -0.39 is 22.4 Å². The Morgan fingerprint density at radius 3 is 2.48 bits per heavy atom. The first-order valence-corrected chi connectivity index (χ1v) is 9.76. The van der Waals surface area contributed by atoms with E-state index in [-0.39, 0.29) is 11.6 Å². The Hall–Kier alpha value is -2.36. The van der Waals surface area contributed by atoms with Gasteiger partial charge in [-0.25, -0.2) is 0 Å². The fourth-order valence-corrected chi connectivity index (χ4v) is 3.97. The number of rotatable bonds is 4. The Morgan fingerprint density at radius 2 is 1.90 bits per heavy atom. The number of nitro benzene ring substituents is 1. The number of amides is 1. The Morgan fingerprint density at radius 1 is 1.21 bits per heavy atom. The van der Waals surface area contributed by atoms with Crippen LogP contribution in [0.3, 0.4) is 0 Å². The monoisotopic (exact) mass is 414 g/mol. The van der Waals surface area contributed by atoms with Crippen LogP contribution in [0.25, 0.3) is 0 Å². The third-order valence-electron chi connectivity index (χ3n) is 5.58. The molecule has 0 spiro atoms. The van der Waals surface area contributed by atoms with Crippen molar-refractivity contribution >= 4 is 17.3 Å². The minimum Gasteiger partial charge on any atom is -0.363 e. The second kappa shape index (κ2) is 8.56. The van der Waals surface area contributed by atoms with Crippen molar-refractivity contribution in [3.05, 3.63) is 33.9 Å². The van der Waals surface area contributed by atoms with Crippen molar-refractivity contribution in [1.29, 1.82) is 0 Å². The molecule has 160 valence electrons. The number of carbonyl (C=O) groups is 1. The fourth-order valence-electron chi connectivity index (χ4n) is 3.97. The second-order valence-corrected chi connectivity index (χ2v) is 7.81. The molecule has 2 aliphatic heterocycles. The minimum atomic E-state index is -4.63. The number of likely N-dealkylation sites (tertiary alicyclic amines) is 1. The minimum absolute atomic E-state index is 0.0884. The van der Waals surface area contributed by atoms with E-state index in [1.807, 2.05) is 9.80 Å². The molecule has 2 heterocycles. The summed E-state index contributed by atoms with van der Waals surface area (Å²) in [6.45, 7) is 5.86. The lowest BCUT2D eigenvalue weighted by Gasteiger charge is -2.37. The maximum atomic E-state index is 12.9. The molecule has 1 unspecified atom stereocenters. The van der Waals surface area contributed by atoms with Crippen LogP contribution >= 0.6 is 0 Å². The van der Waals surface area contributed by atoms with Crippen LogP contribution in [-0.4, -0.2) is 66.4 Å². The first-order chi connectivity index (χ1) is 13.6. The van der Waals surface area contributed by atoms with Crippen LogP contribution in [0.15, 0.2) is 18.2 Å². The normalized spacial score (nSPS) is 21.3. The quantitative estimate of drug-likeness (QED) is 0.560. The Bertz CT molecular complexity index is 764. The standard InChI is InChI=1S/C19H25F3N4O3/c1-14-3-2-6-25(12-14)18(27)13-23-7-9-24(10-8-23)16-5-4-15(19(20,21)22)11-17(16)26(28)29/h4-5,11,14H,2-3,6-10,12-13H2,1H3. The third-order valence-corrected chi connectivity index (χ3v) is 5.58. The molecule has 1 aromatic carbocycles. The highest BCUT2D eigenvalue weighted by Crippen LogP contribution is 2.36. The molecule has 0 bridgehead atoms. The average molecular weight is 414 g/mol. The predicted octanol–water partition coefficient (Wildman–Crippen LogP) is 2.99. The van der Waals surface area contributed by atoms with Crippen molar-refractivity contribution in [3.8, 4) is 0 Å². The summed E-state index contributed by atoms with van der Waals surface area (Å²) in [5.74, 6) is 0.593. The number of alkyl halides is 3. The van der Waals surface area contributed by atoms with E-state index in [0.29, 0.717) is 44.7 Å². The topological polar surface area (TPSA) is 69.9 Å². The van der Waals surface area contributed by atoms with Gasteiger partial charge in [0.05, 0.1) is 17.0 Å². The van der Waals surface area contributed by atoms with Gasteiger partial charge in [-0.05, 0) is 30.9 Å². The van der Waals surface area contributed by atoms with Gasteiger partial charge in [-0.15, -0.1) is 0 Å². The molecule has 3 rings (SSSR count). The second-order valence-electron chi connectivity index (χ2n) is 7.81. The Kier molecular flexibility index (Phi) is 6.30. The molecule has 2 saturated heterocycles. The number of halogens is 3.